The number of amides is 2. The van der Waals surface area contributed by atoms with Gasteiger partial charge in [-0.1, -0.05) is 0 Å². The third kappa shape index (κ3) is 4.00. The van der Waals surface area contributed by atoms with Crippen molar-refractivity contribution >= 4 is 17.7 Å². The number of ether oxygens (including phenoxy) is 1. The average Bonchev–Trinajstić information content (AvgIpc) is 2.45. The first-order valence-corrected chi connectivity index (χ1v) is 7.40. The molecule has 0 aromatic heterocycles. The van der Waals surface area contributed by atoms with Crippen LogP contribution in [0.4, 0.5) is 14.9 Å². The third-order valence-corrected chi connectivity index (χ3v) is 3.51. The Labute approximate surface area is 134 Å². The number of aryl methyl sites for hydroxylation is 1. The van der Waals surface area contributed by atoms with Crippen LogP contribution >= 0.6 is 0 Å². The van der Waals surface area contributed by atoms with Gasteiger partial charge in [0.1, 0.15) is 5.82 Å². The molecule has 1 atom stereocenters. The van der Waals surface area contributed by atoms with Crippen LogP contribution in [0.15, 0.2) is 29.5 Å². The Balaban J connectivity index is 2.23. The van der Waals surface area contributed by atoms with Gasteiger partial charge in [-0.05, 0) is 44.5 Å². The molecule has 23 heavy (non-hydrogen) atoms. The van der Waals surface area contributed by atoms with Crippen molar-refractivity contribution in [1.29, 1.82) is 0 Å². The van der Waals surface area contributed by atoms with Crippen LogP contribution in [0.3, 0.4) is 0 Å². The zero-order chi connectivity index (χ0) is 17.0. The van der Waals surface area contributed by atoms with E-state index in [9.17, 15) is 14.0 Å². The van der Waals surface area contributed by atoms with Crippen LogP contribution in [0.1, 0.15) is 19.4 Å². The van der Waals surface area contributed by atoms with E-state index in [-0.39, 0.29) is 25.0 Å². The number of urea groups is 1. The van der Waals surface area contributed by atoms with Crippen LogP contribution in [0.25, 0.3) is 0 Å². The molecule has 1 aromatic carbocycles. The van der Waals surface area contributed by atoms with Gasteiger partial charge in [-0.25, -0.2) is 14.0 Å². The highest BCUT2D eigenvalue weighted by Crippen LogP contribution is 2.18. The molecule has 1 aromatic rings. The Morgan fingerprint density at radius 1 is 1.43 bits per heavy atom. The molecule has 1 aliphatic heterocycles. The smallest absolute Gasteiger partial charge is 0.337 e. The fourth-order valence-corrected chi connectivity index (χ4v) is 2.43. The van der Waals surface area contributed by atoms with Crippen LogP contribution < -0.4 is 16.0 Å². The molecular weight excluding hydrogens is 301 g/mol. The Kier molecular flexibility index (Phi) is 5.20. The monoisotopic (exact) mass is 321 g/mol. The third-order valence-electron chi connectivity index (χ3n) is 3.51. The molecule has 0 saturated carbocycles. The fraction of sp³-hybridized carbons (Fsp3) is 0.375. The van der Waals surface area contributed by atoms with Crippen molar-refractivity contribution in [2.75, 3.05) is 18.5 Å². The van der Waals surface area contributed by atoms with Crippen LogP contribution in [-0.4, -0.2) is 31.2 Å². The maximum absolute atomic E-state index is 13.1. The van der Waals surface area contributed by atoms with Crippen molar-refractivity contribution in [3.63, 3.8) is 0 Å². The van der Waals surface area contributed by atoms with Gasteiger partial charge in [-0.15, -0.1) is 0 Å². The molecule has 1 aliphatic rings. The predicted octanol–water partition coefficient (Wildman–Crippen LogP) is 2.06. The quantitative estimate of drug-likeness (QED) is 0.725. The molecule has 0 bridgehead atoms. The summed E-state index contributed by atoms with van der Waals surface area (Å²) in [6.07, 6.45) is 0. The summed E-state index contributed by atoms with van der Waals surface area (Å²) in [5.74, 6) is -0.789. The normalized spacial score (nSPS) is 17.4. The molecule has 6 nitrogen and oxygen atoms in total. The topological polar surface area (TPSA) is 79.5 Å². The van der Waals surface area contributed by atoms with Gasteiger partial charge in [0.25, 0.3) is 0 Å². The number of anilines is 1. The summed E-state index contributed by atoms with van der Waals surface area (Å²) in [6.45, 7) is 5.68. The number of nitrogens with one attached hydrogen (secondary N) is 3. The molecule has 0 radical (unpaired) electrons. The summed E-state index contributed by atoms with van der Waals surface area (Å²) < 4.78 is 18.2. The SMILES string of the molecule is CCOC(=O)C1=C(CNc2ccc(F)cc2C)NC(=O)NC1C. The van der Waals surface area contributed by atoms with E-state index in [0.29, 0.717) is 11.3 Å². The number of benzene rings is 1. The van der Waals surface area contributed by atoms with Crippen molar-refractivity contribution in [1.82, 2.24) is 10.6 Å². The predicted molar refractivity (Wildman–Crippen MR) is 84.4 cm³/mol. The van der Waals surface area contributed by atoms with Crippen LogP contribution in [0.5, 0.6) is 0 Å². The van der Waals surface area contributed by atoms with E-state index in [0.717, 1.165) is 11.3 Å². The summed E-state index contributed by atoms with van der Waals surface area (Å²) in [4.78, 5) is 23.7. The lowest BCUT2D eigenvalue weighted by atomic mass is 10.0. The van der Waals surface area contributed by atoms with Crippen LogP contribution in [0.2, 0.25) is 0 Å². The van der Waals surface area contributed by atoms with Gasteiger partial charge < -0.3 is 20.7 Å². The van der Waals surface area contributed by atoms with Crippen molar-refractivity contribution in [2.24, 2.45) is 0 Å². The van der Waals surface area contributed by atoms with Gasteiger partial charge in [0.05, 0.1) is 30.5 Å². The van der Waals surface area contributed by atoms with Gasteiger partial charge in [0.15, 0.2) is 0 Å². The minimum absolute atomic E-state index is 0.221. The van der Waals surface area contributed by atoms with E-state index in [2.05, 4.69) is 16.0 Å². The first-order valence-electron chi connectivity index (χ1n) is 7.40. The molecule has 1 heterocycles. The van der Waals surface area contributed by atoms with Crippen molar-refractivity contribution in [3.8, 4) is 0 Å². The summed E-state index contributed by atoms with van der Waals surface area (Å²) >= 11 is 0. The summed E-state index contributed by atoms with van der Waals surface area (Å²) in [6, 6.07) is 3.54. The lowest BCUT2D eigenvalue weighted by Crippen LogP contribution is -2.50. The molecule has 7 heteroatoms. The summed E-state index contributed by atoms with van der Waals surface area (Å²) in [5.41, 5.74) is 2.28. The highest BCUT2D eigenvalue weighted by atomic mass is 19.1. The number of rotatable bonds is 5. The van der Waals surface area contributed by atoms with Gasteiger partial charge in [0.2, 0.25) is 0 Å². The molecule has 3 N–H and O–H groups in total. The summed E-state index contributed by atoms with van der Waals surface area (Å²) in [5, 5.41) is 8.36. The molecular formula is C16H20FN3O3. The molecule has 0 saturated heterocycles. The number of carbonyl (C=O) groups is 2. The molecule has 2 amide bonds. The van der Waals surface area contributed by atoms with E-state index in [1.165, 1.54) is 12.1 Å². The average molecular weight is 321 g/mol. The van der Waals surface area contributed by atoms with E-state index in [1.54, 1.807) is 26.8 Å². The summed E-state index contributed by atoms with van der Waals surface area (Å²) in [7, 11) is 0. The van der Waals surface area contributed by atoms with Crippen molar-refractivity contribution in [2.45, 2.75) is 26.8 Å². The molecule has 1 unspecified atom stereocenters. The number of esters is 1. The minimum Gasteiger partial charge on any atom is -0.463 e. The second-order valence-corrected chi connectivity index (χ2v) is 5.25. The lowest BCUT2D eigenvalue weighted by Gasteiger charge is -2.27. The first-order chi connectivity index (χ1) is 10.9. The van der Waals surface area contributed by atoms with Gasteiger partial charge in [0, 0.05) is 5.69 Å². The van der Waals surface area contributed by atoms with Crippen LogP contribution in [0, 0.1) is 12.7 Å². The van der Waals surface area contributed by atoms with Crippen molar-refractivity contribution < 1.29 is 18.7 Å². The molecule has 2 rings (SSSR count). The standard InChI is InChI=1S/C16H20FN3O3/c1-4-23-15(21)14-10(3)19-16(22)20-13(14)8-18-12-6-5-11(17)7-9(12)2/h5-7,10,18H,4,8H2,1-3H3,(H2,19,20,22). The van der Waals surface area contributed by atoms with E-state index in [4.69, 9.17) is 4.74 Å². The zero-order valence-corrected chi connectivity index (χ0v) is 13.3. The molecule has 0 aliphatic carbocycles. The largest absolute Gasteiger partial charge is 0.463 e. The highest BCUT2D eigenvalue weighted by molar-refractivity contribution is 5.94. The zero-order valence-electron chi connectivity index (χ0n) is 13.3. The van der Waals surface area contributed by atoms with Crippen molar-refractivity contribution in [3.05, 3.63) is 40.8 Å². The maximum Gasteiger partial charge on any atom is 0.337 e. The highest BCUT2D eigenvalue weighted by Gasteiger charge is 2.29. The number of halogens is 1. The van der Waals surface area contributed by atoms with Crippen LogP contribution in [-0.2, 0) is 9.53 Å². The number of hydrogen-bond acceptors (Lipinski definition) is 4. The maximum atomic E-state index is 13.1. The second kappa shape index (κ2) is 7.13. The van der Waals surface area contributed by atoms with E-state index in [1.807, 2.05) is 0 Å². The number of carbonyl (C=O) groups excluding carboxylic acids is 2. The minimum atomic E-state index is -0.472. The fourth-order valence-electron chi connectivity index (χ4n) is 2.43. The van der Waals surface area contributed by atoms with E-state index >= 15 is 0 Å². The Hall–Kier alpha value is -2.57. The molecule has 0 fully saturated rings. The lowest BCUT2D eigenvalue weighted by molar-refractivity contribution is -0.138. The Morgan fingerprint density at radius 3 is 2.83 bits per heavy atom. The number of hydrogen-bond donors (Lipinski definition) is 3. The molecule has 0 spiro atoms. The first kappa shape index (κ1) is 16.8. The Bertz CT molecular complexity index is 658. The molecule has 124 valence electrons. The van der Waals surface area contributed by atoms with Gasteiger partial charge in [-0.2, -0.15) is 0 Å². The van der Waals surface area contributed by atoms with E-state index < -0.39 is 12.0 Å². The second-order valence-electron chi connectivity index (χ2n) is 5.25. The Morgan fingerprint density at radius 2 is 2.17 bits per heavy atom. The van der Waals surface area contributed by atoms with Gasteiger partial charge >= 0.3 is 12.0 Å². The van der Waals surface area contributed by atoms with Gasteiger partial charge in [-0.3, -0.25) is 0 Å².